The summed E-state index contributed by atoms with van der Waals surface area (Å²) in [4.78, 5) is 21.3. The van der Waals surface area contributed by atoms with Crippen molar-refractivity contribution in [2.24, 2.45) is 0 Å². The lowest BCUT2D eigenvalue weighted by molar-refractivity contribution is 0.0972. The molecule has 21 heavy (non-hydrogen) atoms. The number of aryl methyl sites for hydroxylation is 1. The highest BCUT2D eigenvalue weighted by atomic mass is 32.1. The number of carbonyl (C=O) groups is 1. The van der Waals surface area contributed by atoms with Crippen LogP contribution in [0.3, 0.4) is 0 Å². The highest BCUT2D eigenvalue weighted by Gasteiger charge is 2.13. The minimum atomic E-state index is -0.390. The van der Waals surface area contributed by atoms with Crippen LogP contribution in [0.5, 0.6) is 0 Å². The molecule has 3 aromatic rings. The van der Waals surface area contributed by atoms with Crippen LogP contribution in [-0.2, 0) is 0 Å². The van der Waals surface area contributed by atoms with E-state index in [-0.39, 0.29) is 5.84 Å². The van der Waals surface area contributed by atoms with Gasteiger partial charge in [0.15, 0.2) is 0 Å². The van der Waals surface area contributed by atoms with Crippen molar-refractivity contribution < 1.29 is 4.79 Å². The lowest BCUT2D eigenvalue weighted by atomic mass is 10.1. The molecule has 0 aromatic carbocycles. The molecule has 0 spiro atoms. The summed E-state index contributed by atoms with van der Waals surface area (Å²) in [5, 5.41) is 13.5. The normalized spacial score (nSPS) is 10.5. The molecule has 2 N–H and O–H groups in total. The van der Waals surface area contributed by atoms with Crippen molar-refractivity contribution in [3.8, 4) is 0 Å². The third-order valence-electron chi connectivity index (χ3n) is 3.10. The Labute approximate surface area is 125 Å². The Hall–Kier alpha value is -2.60. The molecule has 0 aliphatic rings. The van der Waals surface area contributed by atoms with E-state index < -0.39 is 5.91 Å². The molecular weight excluding hydrogens is 284 g/mol. The topological polar surface area (TPSA) is 78.7 Å². The zero-order valence-electron chi connectivity index (χ0n) is 11.3. The molecule has 0 atom stereocenters. The van der Waals surface area contributed by atoms with Crippen LogP contribution >= 0.6 is 11.3 Å². The molecule has 3 rings (SSSR count). The Bertz CT molecular complexity index is 840. The van der Waals surface area contributed by atoms with Gasteiger partial charge in [-0.1, -0.05) is 0 Å². The number of fused-ring (bicyclic) bond motifs is 1. The number of thiophene rings is 1. The SMILES string of the molecule is Cc1ccncc1C(=N)NC(=O)c1ccc2ccsc2n1. The van der Waals surface area contributed by atoms with E-state index in [0.717, 1.165) is 15.8 Å². The third kappa shape index (κ3) is 2.66. The third-order valence-corrected chi connectivity index (χ3v) is 3.92. The van der Waals surface area contributed by atoms with E-state index in [1.165, 1.54) is 11.3 Å². The molecule has 3 aromatic heterocycles. The number of rotatable bonds is 2. The lowest BCUT2D eigenvalue weighted by Gasteiger charge is -2.08. The molecule has 0 radical (unpaired) electrons. The van der Waals surface area contributed by atoms with Crippen molar-refractivity contribution in [3.63, 3.8) is 0 Å². The summed E-state index contributed by atoms with van der Waals surface area (Å²) in [6, 6.07) is 7.27. The van der Waals surface area contributed by atoms with E-state index in [4.69, 9.17) is 5.41 Å². The quantitative estimate of drug-likeness (QED) is 0.564. The number of hydrogen-bond donors (Lipinski definition) is 2. The monoisotopic (exact) mass is 296 g/mol. The van der Waals surface area contributed by atoms with Crippen molar-refractivity contribution in [3.05, 3.63) is 58.9 Å². The molecule has 0 fully saturated rings. The van der Waals surface area contributed by atoms with Crippen LogP contribution in [0.15, 0.2) is 42.0 Å². The van der Waals surface area contributed by atoms with Crippen LogP contribution in [0.1, 0.15) is 21.6 Å². The Balaban J connectivity index is 1.82. The molecule has 3 heterocycles. The van der Waals surface area contributed by atoms with Crippen LogP contribution < -0.4 is 5.32 Å². The smallest absolute Gasteiger partial charge is 0.275 e. The second-order valence-electron chi connectivity index (χ2n) is 4.53. The zero-order valence-corrected chi connectivity index (χ0v) is 12.1. The van der Waals surface area contributed by atoms with Gasteiger partial charge in [0.1, 0.15) is 16.4 Å². The van der Waals surface area contributed by atoms with E-state index in [1.807, 2.05) is 24.4 Å². The number of nitrogens with zero attached hydrogens (tertiary/aromatic N) is 2. The number of carbonyl (C=O) groups excluding carboxylic acids is 1. The number of amides is 1. The van der Waals surface area contributed by atoms with E-state index in [1.54, 1.807) is 24.5 Å². The fraction of sp³-hybridized carbons (Fsp3) is 0.0667. The summed E-state index contributed by atoms with van der Waals surface area (Å²) in [6.45, 7) is 1.87. The first kappa shape index (κ1) is 13.4. The number of hydrogen-bond acceptors (Lipinski definition) is 5. The maximum atomic E-state index is 12.2. The Kier molecular flexibility index (Phi) is 3.45. The molecular formula is C15H12N4OS. The zero-order chi connectivity index (χ0) is 14.8. The van der Waals surface area contributed by atoms with Gasteiger partial charge < -0.3 is 5.32 Å². The first-order valence-electron chi connectivity index (χ1n) is 6.30. The Morgan fingerprint density at radius 3 is 2.95 bits per heavy atom. The average Bonchev–Trinajstić information content (AvgIpc) is 2.94. The fourth-order valence-corrected chi connectivity index (χ4v) is 2.71. The average molecular weight is 296 g/mol. The van der Waals surface area contributed by atoms with Gasteiger partial charge in [0.25, 0.3) is 5.91 Å². The maximum absolute atomic E-state index is 12.2. The van der Waals surface area contributed by atoms with Gasteiger partial charge >= 0.3 is 0 Å². The summed E-state index contributed by atoms with van der Waals surface area (Å²) in [5.41, 5.74) is 1.79. The summed E-state index contributed by atoms with van der Waals surface area (Å²) in [5.74, 6) is -0.364. The predicted octanol–water partition coefficient (Wildman–Crippen LogP) is 2.76. The van der Waals surface area contributed by atoms with E-state index in [2.05, 4.69) is 15.3 Å². The van der Waals surface area contributed by atoms with Gasteiger partial charge in [0, 0.05) is 23.3 Å². The summed E-state index contributed by atoms with van der Waals surface area (Å²) in [6.07, 6.45) is 3.22. The highest BCUT2D eigenvalue weighted by Crippen LogP contribution is 2.18. The molecule has 0 unspecified atom stereocenters. The largest absolute Gasteiger partial charge is 0.305 e. The number of pyridine rings is 2. The van der Waals surface area contributed by atoms with Crippen LogP contribution in [0.25, 0.3) is 10.2 Å². The molecule has 0 bridgehead atoms. The van der Waals surface area contributed by atoms with Crippen molar-refractivity contribution in [1.29, 1.82) is 5.41 Å². The van der Waals surface area contributed by atoms with Crippen molar-refractivity contribution in [2.45, 2.75) is 6.92 Å². The lowest BCUT2D eigenvalue weighted by Crippen LogP contribution is -2.31. The van der Waals surface area contributed by atoms with Crippen molar-refractivity contribution >= 4 is 33.3 Å². The number of aromatic nitrogens is 2. The van der Waals surface area contributed by atoms with Gasteiger partial charge in [-0.15, -0.1) is 11.3 Å². The number of amidine groups is 1. The van der Waals surface area contributed by atoms with Gasteiger partial charge in [-0.3, -0.25) is 15.2 Å². The number of nitrogens with one attached hydrogen (secondary N) is 2. The molecule has 1 amide bonds. The molecule has 104 valence electrons. The van der Waals surface area contributed by atoms with Gasteiger partial charge in [0.2, 0.25) is 0 Å². The van der Waals surface area contributed by atoms with Crippen molar-refractivity contribution in [1.82, 2.24) is 15.3 Å². The van der Waals surface area contributed by atoms with Crippen LogP contribution in [0, 0.1) is 12.3 Å². The van der Waals surface area contributed by atoms with E-state index in [9.17, 15) is 4.79 Å². The van der Waals surface area contributed by atoms with E-state index in [0.29, 0.717) is 11.3 Å². The van der Waals surface area contributed by atoms with Gasteiger partial charge in [-0.05, 0) is 42.1 Å². The van der Waals surface area contributed by atoms with Gasteiger partial charge in [-0.25, -0.2) is 4.98 Å². The van der Waals surface area contributed by atoms with Crippen LogP contribution in [-0.4, -0.2) is 21.7 Å². The second kappa shape index (κ2) is 5.41. The first-order valence-corrected chi connectivity index (χ1v) is 7.18. The predicted molar refractivity (Wildman–Crippen MR) is 82.9 cm³/mol. The highest BCUT2D eigenvalue weighted by molar-refractivity contribution is 7.16. The maximum Gasteiger partial charge on any atom is 0.275 e. The van der Waals surface area contributed by atoms with Crippen LogP contribution in [0.4, 0.5) is 0 Å². The minimum Gasteiger partial charge on any atom is -0.305 e. The molecule has 6 heteroatoms. The van der Waals surface area contributed by atoms with Gasteiger partial charge in [0.05, 0.1) is 0 Å². The molecule has 0 saturated heterocycles. The first-order chi connectivity index (χ1) is 10.1. The van der Waals surface area contributed by atoms with Crippen LogP contribution in [0.2, 0.25) is 0 Å². The summed E-state index contributed by atoms with van der Waals surface area (Å²) < 4.78 is 0. The minimum absolute atomic E-state index is 0.0266. The molecule has 5 nitrogen and oxygen atoms in total. The molecule has 0 saturated carbocycles. The van der Waals surface area contributed by atoms with Gasteiger partial charge in [-0.2, -0.15) is 0 Å². The Morgan fingerprint density at radius 2 is 2.14 bits per heavy atom. The fourth-order valence-electron chi connectivity index (χ4n) is 1.94. The summed E-state index contributed by atoms with van der Waals surface area (Å²) >= 11 is 1.48. The Morgan fingerprint density at radius 1 is 1.29 bits per heavy atom. The van der Waals surface area contributed by atoms with E-state index >= 15 is 0 Å². The molecule has 0 aliphatic heterocycles. The van der Waals surface area contributed by atoms with Crippen molar-refractivity contribution in [2.75, 3.05) is 0 Å². The molecule has 0 aliphatic carbocycles. The summed E-state index contributed by atoms with van der Waals surface area (Å²) in [7, 11) is 0. The standard InChI is InChI=1S/C15H12N4OS/c1-9-4-6-17-8-11(9)13(16)19-14(20)12-3-2-10-5-7-21-15(10)18-12/h2-8H,1H3,(H2,16,19,20). The second-order valence-corrected chi connectivity index (χ2v) is 5.43.